The number of benzene rings is 1. The second kappa shape index (κ2) is 7.08. The first-order valence-corrected chi connectivity index (χ1v) is 10.1. The monoisotopic (exact) mass is 427 g/mol. The fourth-order valence-corrected chi connectivity index (χ4v) is 5.62. The molecule has 0 spiro atoms. The van der Waals surface area contributed by atoms with Gasteiger partial charge >= 0.3 is 5.97 Å². The van der Waals surface area contributed by atoms with Gasteiger partial charge in [-0.15, -0.1) is 11.3 Å². The Balaban J connectivity index is 1.81. The number of fused-ring (bicyclic) bond motifs is 1. The Hall–Kier alpha value is -1.63. The predicted octanol–water partition coefficient (Wildman–Crippen LogP) is 5.38. The van der Waals surface area contributed by atoms with Gasteiger partial charge in [-0.3, -0.25) is 0 Å². The van der Waals surface area contributed by atoms with Crippen LogP contribution in [0.15, 0.2) is 17.3 Å². The quantitative estimate of drug-likeness (QED) is 0.488. The van der Waals surface area contributed by atoms with Crippen LogP contribution in [-0.4, -0.2) is 24.9 Å². The lowest BCUT2D eigenvalue weighted by molar-refractivity contribution is 0.0605. The second-order valence-corrected chi connectivity index (χ2v) is 8.46. The average molecular weight is 428 g/mol. The van der Waals surface area contributed by atoms with Crippen molar-refractivity contribution < 1.29 is 18.8 Å². The van der Waals surface area contributed by atoms with Crippen molar-refractivity contribution in [1.82, 2.24) is 0 Å². The number of carbonyl (C=O) groups excluding carboxylic acids is 1. The molecule has 2 aromatic rings. The van der Waals surface area contributed by atoms with E-state index in [9.17, 15) is 9.18 Å². The summed E-state index contributed by atoms with van der Waals surface area (Å²) in [6.45, 7) is 1.89. The van der Waals surface area contributed by atoms with Crippen molar-refractivity contribution in [2.75, 3.05) is 7.11 Å². The van der Waals surface area contributed by atoms with Crippen molar-refractivity contribution in [3.63, 3.8) is 0 Å². The number of nitrogens with zero attached hydrogens (tertiary/aromatic N) is 1. The molecule has 0 radical (unpaired) electrons. The summed E-state index contributed by atoms with van der Waals surface area (Å²) in [5.74, 6) is -1.23. The average Bonchev–Trinajstić information content (AvgIpc) is 3.33. The van der Waals surface area contributed by atoms with Gasteiger partial charge in [0.1, 0.15) is 16.7 Å². The van der Waals surface area contributed by atoms with Crippen LogP contribution in [-0.2, 0) is 22.4 Å². The van der Waals surface area contributed by atoms with Crippen LogP contribution < -0.4 is 0 Å². The van der Waals surface area contributed by atoms with Crippen LogP contribution in [0.4, 0.5) is 4.39 Å². The van der Waals surface area contributed by atoms with E-state index in [0.29, 0.717) is 4.88 Å². The van der Waals surface area contributed by atoms with E-state index in [2.05, 4.69) is 5.16 Å². The number of hydrogen-bond donors (Lipinski definition) is 0. The third kappa shape index (κ3) is 3.04. The number of ether oxygens (including phenoxy) is 1. The zero-order chi connectivity index (χ0) is 19.3. The van der Waals surface area contributed by atoms with Crippen LogP contribution in [0.25, 0.3) is 0 Å². The van der Waals surface area contributed by atoms with Crippen LogP contribution in [0.3, 0.4) is 0 Å². The van der Waals surface area contributed by atoms with Crippen LogP contribution in [0, 0.1) is 5.82 Å². The molecule has 4 rings (SSSR count). The van der Waals surface area contributed by atoms with Crippen LogP contribution in [0.5, 0.6) is 0 Å². The highest BCUT2D eigenvalue weighted by atomic mass is 35.5. The van der Waals surface area contributed by atoms with Crippen LogP contribution in [0.2, 0.25) is 10.0 Å². The lowest BCUT2D eigenvalue weighted by Crippen LogP contribution is -2.19. The zero-order valence-electron chi connectivity index (χ0n) is 14.6. The van der Waals surface area contributed by atoms with Crippen LogP contribution >= 0.6 is 34.5 Å². The second-order valence-electron chi connectivity index (χ2n) is 6.63. The normalized spacial score (nSPS) is 21.0. The summed E-state index contributed by atoms with van der Waals surface area (Å²) in [4.78, 5) is 19.3. The van der Waals surface area contributed by atoms with E-state index in [0.717, 1.165) is 46.5 Å². The molecule has 0 bridgehead atoms. The summed E-state index contributed by atoms with van der Waals surface area (Å²) in [7, 11) is 1.38. The van der Waals surface area contributed by atoms with E-state index in [-0.39, 0.29) is 28.0 Å². The molecule has 1 aliphatic heterocycles. The van der Waals surface area contributed by atoms with E-state index in [4.69, 9.17) is 32.8 Å². The molecule has 0 amide bonds. The summed E-state index contributed by atoms with van der Waals surface area (Å²) in [5, 5.41) is 4.22. The van der Waals surface area contributed by atoms with E-state index >= 15 is 0 Å². The Morgan fingerprint density at radius 2 is 1.96 bits per heavy atom. The highest BCUT2D eigenvalue weighted by Crippen LogP contribution is 2.42. The summed E-state index contributed by atoms with van der Waals surface area (Å²) < 4.78 is 18.8. The number of methoxy groups -OCH3 is 1. The molecule has 0 fully saturated rings. The van der Waals surface area contributed by atoms with Gasteiger partial charge in [0.2, 0.25) is 0 Å². The number of hydrogen-bond acceptors (Lipinski definition) is 5. The Morgan fingerprint density at radius 1 is 1.30 bits per heavy atom. The molecule has 2 atom stereocenters. The lowest BCUT2D eigenvalue weighted by Gasteiger charge is -2.17. The maximum Gasteiger partial charge on any atom is 0.348 e. The number of halogens is 3. The number of oxime groups is 1. The molecule has 2 heterocycles. The molecule has 0 saturated carbocycles. The molecular formula is C19H16Cl2FNO3S. The van der Waals surface area contributed by atoms with Gasteiger partial charge in [0.15, 0.2) is 5.82 Å². The maximum atomic E-state index is 13.9. The van der Waals surface area contributed by atoms with Gasteiger partial charge in [-0.2, -0.15) is 0 Å². The Bertz CT molecular complexity index is 949. The van der Waals surface area contributed by atoms with Gasteiger partial charge in [0.05, 0.1) is 28.0 Å². The predicted molar refractivity (Wildman–Crippen MR) is 104 cm³/mol. The van der Waals surface area contributed by atoms with Gasteiger partial charge in [-0.1, -0.05) is 28.4 Å². The molecular weight excluding hydrogens is 412 g/mol. The van der Waals surface area contributed by atoms with E-state index in [1.165, 1.54) is 18.4 Å². The van der Waals surface area contributed by atoms with Gasteiger partial charge < -0.3 is 9.57 Å². The smallest absolute Gasteiger partial charge is 0.348 e. The van der Waals surface area contributed by atoms with Crippen molar-refractivity contribution in [1.29, 1.82) is 0 Å². The molecule has 2 aliphatic rings. The third-order valence-electron chi connectivity index (χ3n) is 5.02. The maximum absolute atomic E-state index is 13.9. The first-order valence-electron chi connectivity index (χ1n) is 8.53. The summed E-state index contributed by atoms with van der Waals surface area (Å²) in [6, 6.07) is 3.12. The SMILES string of the molecule is COC(=O)c1sc(C2=NOC(C)C2c2cc(Cl)c(F)c(Cl)c2)c2c1CCC2. The Kier molecular flexibility index (Phi) is 4.91. The molecule has 1 aliphatic carbocycles. The van der Waals surface area contributed by atoms with Gasteiger partial charge in [0.25, 0.3) is 0 Å². The van der Waals surface area contributed by atoms with Crippen molar-refractivity contribution in [3.8, 4) is 0 Å². The molecule has 0 saturated heterocycles. The summed E-state index contributed by atoms with van der Waals surface area (Å²) >= 11 is 13.4. The zero-order valence-corrected chi connectivity index (χ0v) is 17.0. The standard InChI is InChI=1S/C19H16Cl2FNO3S/c1-8-14(9-6-12(20)15(22)13(21)7-9)16(23-26-8)17-10-4-3-5-11(10)18(27-17)19(24)25-2/h6-8,14H,3-5H2,1-2H3. The number of carbonyl (C=O) groups is 1. The molecule has 1 aromatic carbocycles. The number of rotatable bonds is 3. The molecule has 1 aromatic heterocycles. The number of esters is 1. The van der Waals surface area contributed by atoms with Gasteiger partial charge in [-0.25, -0.2) is 9.18 Å². The fourth-order valence-electron chi connectivity index (χ4n) is 3.78. The molecule has 142 valence electrons. The van der Waals surface area contributed by atoms with Gasteiger partial charge in [0, 0.05) is 0 Å². The Morgan fingerprint density at radius 3 is 2.63 bits per heavy atom. The van der Waals surface area contributed by atoms with Crippen molar-refractivity contribution in [3.05, 3.63) is 54.4 Å². The topological polar surface area (TPSA) is 47.9 Å². The molecule has 4 nitrogen and oxygen atoms in total. The summed E-state index contributed by atoms with van der Waals surface area (Å²) in [5.41, 5.74) is 3.62. The minimum absolute atomic E-state index is 0.0393. The molecule has 0 N–H and O–H groups in total. The van der Waals surface area contributed by atoms with Crippen molar-refractivity contribution in [2.24, 2.45) is 5.16 Å². The van der Waals surface area contributed by atoms with E-state index in [1.54, 1.807) is 12.1 Å². The lowest BCUT2D eigenvalue weighted by atomic mass is 9.88. The van der Waals surface area contributed by atoms with Gasteiger partial charge in [-0.05, 0) is 55.0 Å². The minimum Gasteiger partial charge on any atom is -0.465 e. The molecule has 2 unspecified atom stereocenters. The first kappa shape index (κ1) is 18.7. The van der Waals surface area contributed by atoms with E-state index in [1.807, 2.05) is 6.92 Å². The van der Waals surface area contributed by atoms with E-state index < -0.39 is 5.82 Å². The van der Waals surface area contributed by atoms with Crippen molar-refractivity contribution >= 4 is 46.2 Å². The Labute approximate surface area is 169 Å². The third-order valence-corrected chi connectivity index (χ3v) is 6.85. The summed E-state index contributed by atoms with van der Waals surface area (Å²) in [6.07, 6.45) is 2.44. The number of thiophene rings is 1. The minimum atomic E-state index is -0.642. The van der Waals surface area contributed by atoms with Crippen LogP contribution in [0.1, 0.15) is 50.5 Å². The van der Waals surface area contributed by atoms with Crippen molar-refractivity contribution in [2.45, 2.75) is 38.2 Å². The highest BCUT2D eigenvalue weighted by Gasteiger charge is 2.38. The molecule has 27 heavy (non-hydrogen) atoms. The molecule has 8 heteroatoms. The fraction of sp³-hybridized carbons (Fsp3) is 0.368. The largest absolute Gasteiger partial charge is 0.465 e. The first-order chi connectivity index (χ1) is 12.9. The highest BCUT2D eigenvalue weighted by molar-refractivity contribution is 7.16.